The summed E-state index contributed by atoms with van der Waals surface area (Å²) in [5.41, 5.74) is 1.39. The van der Waals surface area contributed by atoms with Crippen molar-refractivity contribution >= 4 is 17.2 Å². The van der Waals surface area contributed by atoms with Crippen LogP contribution < -0.4 is 5.32 Å². The number of carbonyl (C=O) groups is 1. The summed E-state index contributed by atoms with van der Waals surface area (Å²) in [6.45, 7) is 2.32. The zero-order chi connectivity index (χ0) is 14.7. The van der Waals surface area contributed by atoms with Gasteiger partial charge in [-0.1, -0.05) is 5.16 Å². The van der Waals surface area contributed by atoms with Gasteiger partial charge in [-0.2, -0.15) is 0 Å². The Morgan fingerprint density at radius 2 is 2.29 bits per heavy atom. The van der Waals surface area contributed by atoms with Crippen molar-refractivity contribution in [2.45, 2.75) is 13.3 Å². The number of furan rings is 1. The van der Waals surface area contributed by atoms with E-state index in [0.717, 1.165) is 16.9 Å². The van der Waals surface area contributed by atoms with E-state index in [4.69, 9.17) is 8.94 Å². The molecule has 3 aromatic rings. The quantitative estimate of drug-likeness (QED) is 0.785. The molecule has 0 aromatic carbocycles. The highest BCUT2D eigenvalue weighted by Crippen LogP contribution is 2.28. The first-order valence-corrected chi connectivity index (χ1v) is 7.37. The van der Waals surface area contributed by atoms with Crippen molar-refractivity contribution in [1.82, 2.24) is 10.5 Å². The van der Waals surface area contributed by atoms with Crippen molar-refractivity contribution in [3.05, 3.63) is 53.1 Å². The second-order valence-corrected chi connectivity index (χ2v) is 5.78. The van der Waals surface area contributed by atoms with Gasteiger partial charge in [0.15, 0.2) is 5.69 Å². The van der Waals surface area contributed by atoms with E-state index >= 15 is 0 Å². The number of aryl methyl sites for hydroxylation is 1. The number of hydrogen-bond donors (Lipinski definition) is 1. The lowest BCUT2D eigenvalue weighted by Gasteiger charge is -2.00. The lowest BCUT2D eigenvalue weighted by Crippen LogP contribution is -2.25. The van der Waals surface area contributed by atoms with E-state index in [1.807, 2.05) is 6.07 Å². The van der Waals surface area contributed by atoms with Crippen molar-refractivity contribution in [2.75, 3.05) is 6.54 Å². The molecule has 0 radical (unpaired) electrons. The normalized spacial score (nSPS) is 10.7. The number of hydrogen-bond acceptors (Lipinski definition) is 5. The molecule has 0 aliphatic heterocycles. The number of carbonyl (C=O) groups excluding carboxylic acids is 1. The number of aromatic nitrogens is 1. The highest BCUT2D eigenvalue weighted by molar-refractivity contribution is 7.15. The average molecular weight is 302 g/mol. The molecule has 3 aromatic heterocycles. The van der Waals surface area contributed by atoms with Crippen LogP contribution in [0, 0.1) is 6.92 Å². The molecule has 0 fully saturated rings. The maximum absolute atomic E-state index is 11.8. The van der Waals surface area contributed by atoms with E-state index < -0.39 is 0 Å². The van der Waals surface area contributed by atoms with Gasteiger partial charge in [-0.15, -0.1) is 11.3 Å². The molecule has 0 saturated carbocycles. The zero-order valence-electron chi connectivity index (χ0n) is 11.5. The van der Waals surface area contributed by atoms with E-state index in [-0.39, 0.29) is 5.91 Å². The Balaban J connectivity index is 1.53. The molecule has 5 nitrogen and oxygen atoms in total. The minimum absolute atomic E-state index is 0.210. The molecule has 0 aliphatic rings. The predicted molar refractivity (Wildman–Crippen MR) is 79.3 cm³/mol. The zero-order valence-corrected chi connectivity index (χ0v) is 12.3. The standard InChI is InChI=1S/C15H14N2O3S/c1-10-8-13(17-20-10)15(18)16-6-4-12-2-3-14(21-12)11-5-7-19-9-11/h2-3,5,7-9H,4,6H2,1H3,(H,16,18). The Labute approximate surface area is 125 Å². The van der Waals surface area contributed by atoms with Gasteiger partial charge in [-0.25, -0.2) is 0 Å². The van der Waals surface area contributed by atoms with Gasteiger partial charge >= 0.3 is 0 Å². The largest absolute Gasteiger partial charge is 0.472 e. The van der Waals surface area contributed by atoms with Gasteiger partial charge in [0.1, 0.15) is 5.76 Å². The molecule has 0 unspecified atom stereocenters. The maximum atomic E-state index is 11.8. The SMILES string of the molecule is Cc1cc(C(=O)NCCc2ccc(-c3ccoc3)s2)no1. The van der Waals surface area contributed by atoms with Gasteiger partial charge in [0.05, 0.1) is 12.5 Å². The van der Waals surface area contributed by atoms with Gasteiger partial charge in [0.25, 0.3) is 5.91 Å². The van der Waals surface area contributed by atoms with Crippen LogP contribution in [0.25, 0.3) is 10.4 Å². The van der Waals surface area contributed by atoms with Gasteiger partial charge in [0.2, 0.25) is 0 Å². The Kier molecular flexibility index (Phi) is 3.87. The monoisotopic (exact) mass is 302 g/mol. The second-order valence-electron chi connectivity index (χ2n) is 4.61. The summed E-state index contributed by atoms with van der Waals surface area (Å²) in [5.74, 6) is 0.418. The third kappa shape index (κ3) is 3.22. The lowest BCUT2D eigenvalue weighted by atomic mass is 10.2. The summed E-state index contributed by atoms with van der Waals surface area (Å²) >= 11 is 1.70. The van der Waals surface area contributed by atoms with Crippen molar-refractivity contribution in [2.24, 2.45) is 0 Å². The number of nitrogens with one attached hydrogen (secondary N) is 1. The highest BCUT2D eigenvalue weighted by atomic mass is 32.1. The Bertz CT molecular complexity index is 728. The van der Waals surface area contributed by atoms with Crippen LogP contribution in [-0.4, -0.2) is 17.6 Å². The van der Waals surface area contributed by atoms with Crippen LogP contribution in [0.2, 0.25) is 0 Å². The molecule has 21 heavy (non-hydrogen) atoms. The van der Waals surface area contributed by atoms with Crippen molar-refractivity contribution < 1.29 is 13.7 Å². The molecule has 0 atom stereocenters. The van der Waals surface area contributed by atoms with Crippen LogP contribution in [-0.2, 0) is 6.42 Å². The highest BCUT2D eigenvalue weighted by Gasteiger charge is 2.10. The van der Waals surface area contributed by atoms with Gasteiger partial charge < -0.3 is 14.3 Å². The third-order valence-corrected chi connectivity index (χ3v) is 4.18. The summed E-state index contributed by atoms with van der Waals surface area (Å²) in [6.07, 6.45) is 4.17. The Morgan fingerprint density at radius 3 is 3.00 bits per heavy atom. The van der Waals surface area contributed by atoms with Crippen molar-refractivity contribution in [3.63, 3.8) is 0 Å². The van der Waals surface area contributed by atoms with E-state index in [1.165, 1.54) is 4.88 Å². The van der Waals surface area contributed by atoms with Gasteiger partial charge in [-0.3, -0.25) is 4.79 Å². The van der Waals surface area contributed by atoms with Crippen molar-refractivity contribution in [3.8, 4) is 10.4 Å². The molecule has 0 bridgehead atoms. The van der Waals surface area contributed by atoms with E-state index in [1.54, 1.807) is 36.9 Å². The number of amides is 1. The molecule has 0 aliphatic carbocycles. The summed E-state index contributed by atoms with van der Waals surface area (Å²) in [7, 11) is 0. The molecule has 1 amide bonds. The first-order chi connectivity index (χ1) is 10.2. The fourth-order valence-electron chi connectivity index (χ4n) is 1.94. The molecule has 6 heteroatoms. The third-order valence-electron chi connectivity index (χ3n) is 2.98. The molecular formula is C15H14N2O3S. The van der Waals surface area contributed by atoms with Crippen molar-refractivity contribution in [1.29, 1.82) is 0 Å². The number of rotatable bonds is 5. The molecule has 1 N–H and O–H groups in total. The molecule has 0 saturated heterocycles. The lowest BCUT2D eigenvalue weighted by molar-refractivity contribution is 0.0945. The fraction of sp³-hybridized carbons (Fsp3) is 0.200. The molecule has 3 rings (SSSR count). The fourth-order valence-corrected chi connectivity index (χ4v) is 2.93. The first-order valence-electron chi connectivity index (χ1n) is 6.55. The first kappa shape index (κ1) is 13.6. The maximum Gasteiger partial charge on any atom is 0.273 e. The number of thiophene rings is 1. The van der Waals surface area contributed by atoms with E-state index in [9.17, 15) is 4.79 Å². The minimum atomic E-state index is -0.210. The number of nitrogens with zero attached hydrogens (tertiary/aromatic N) is 1. The Morgan fingerprint density at radius 1 is 1.38 bits per heavy atom. The second kappa shape index (κ2) is 5.97. The molecular weight excluding hydrogens is 288 g/mol. The molecule has 3 heterocycles. The van der Waals surface area contributed by atoms with Crippen LogP contribution in [0.4, 0.5) is 0 Å². The summed E-state index contributed by atoms with van der Waals surface area (Å²) in [6, 6.07) is 7.69. The van der Waals surface area contributed by atoms with Crippen LogP contribution >= 0.6 is 11.3 Å². The van der Waals surface area contributed by atoms with Crippen LogP contribution in [0.5, 0.6) is 0 Å². The van der Waals surface area contributed by atoms with Gasteiger partial charge in [-0.05, 0) is 31.5 Å². The summed E-state index contributed by atoms with van der Waals surface area (Å²) in [4.78, 5) is 14.2. The average Bonchev–Trinajstić information content (AvgIpc) is 3.19. The predicted octanol–water partition coefficient (Wildman–Crippen LogP) is 3.28. The van der Waals surface area contributed by atoms with Crippen LogP contribution in [0.1, 0.15) is 21.1 Å². The minimum Gasteiger partial charge on any atom is -0.472 e. The summed E-state index contributed by atoms with van der Waals surface area (Å²) < 4.78 is 9.95. The van der Waals surface area contributed by atoms with Gasteiger partial charge in [0, 0.05) is 27.9 Å². The summed E-state index contributed by atoms with van der Waals surface area (Å²) in [5, 5.41) is 6.52. The van der Waals surface area contributed by atoms with Crippen LogP contribution in [0.15, 0.2) is 45.7 Å². The van der Waals surface area contributed by atoms with E-state index in [2.05, 4.69) is 22.6 Å². The molecule has 108 valence electrons. The smallest absolute Gasteiger partial charge is 0.273 e. The topological polar surface area (TPSA) is 68.3 Å². The Hall–Kier alpha value is -2.34. The molecule has 0 spiro atoms. The van der Waals surface area contributed by atoms with Crippen LogP contribution in [0.3, 0.4) is 0 Å². The van der Waals surface area contributed by atoms with E-state index in [0.29, 0.717) is 18.0 Å².